The number of imidazole rings is 1. The first-order chi connectivity index (χ1) is 16.1. The summed E-state index contributed by atoms with van der Waals surface area (Å²) in [5.41, 5.74) is 3.42. The van der Waals surface area contributed by atoms with Crippen LogP contribution in [0.4, 0.5) is 5.69 Å². The van der Waals surface area contributed by atoms with Crippen molar-refractivity contribution < 1.29 is 9.53 Å². The Morgan fingerprint density at radius 3 is 2.47 bits per heavy atom. The molecule has 0 spiro atoms. The lowest BCUT2D eigenvalue weighted by Crippen LogP contribution is -2.48. The molecule has 1 aromatic heterocycles. The number of benzene rings is 1. The maximum atomic E-state index is 12.3. The highest BCUT2D eigenvalue weighted by Crippen LogP contribution is 2.32. The molecule has 2 saturated heterocycles. The molecule has 34 heavy (non-hydrogen) atoms. The van der Waals surface area contributed by atoms with Crippen molar-refractivity contribution in [2.24, 2.45) is 11.8 Å². The number of piperazine rings is 1. The number of aromatic nitrogens is 2. The van der Waals surface area contributed by atoms with Gasteiger partial charge in [0.15, 0.2) is 0 Å². The van der Waals surface area contributed by atoms with Crippen LogP contribution >= 0.6 is 12.1 Å². The third kappa shape index (κ3) is 5.71. The molecule has 2 fully saturated rings. The standard InChI is InChI=1S/C26H41N5O2S/c1-19(2)24(32)29-11-13-30(14-12-29)34-28(6)21-7-8-23-22(17-21)27-25(26(3,4)5)31(23)18-20-9-15-33-16-10-20/h7-8,17,19-20H,9-16,18H2,1-6H3. The van der Waals surface area contributed by atoms with Crippen molar-refractivity contribution >= 4 is 34.8 Å². The van der Waals surface area contributed by atoms with Crippen molar-refractivity contribution in [3.63, 3.8) is 0 Å². The van der Waals surface area contributed by atoms with Crippen LogP contribution in [0.3, 0.4) is 0 Å². The summed E-state index contributed by atoms with van der Waals surface area (Å²) in [6.45, 7) is 16.8. The van der Waals surface area contributed by atoms with E-state index in [2.05, 4.69) is 59.2 Å². The molecule has 8 heteroatoms. The Morgan fingerprint density at radius 2 is 1.85 bits per heavy atom. The fourth-order valence-corrected chi connectivity index (χ4v) is 5.72. The van der Waals surface area contributed by atoms with Crippen LogP contribution in [0.25, 0.3) is 11.0 Å². The highest BCUT2D eigenvalue weighted by Gasteiger charge is 2.27. The third-order valence-electron chi connectivity index (χ3n) is 6.83. The number of hydrogen-bond donors (Lipinski definition) is 0. The molecule has 0 radical (unpaired) electrons. The average Bonchev–Trinajstić information content (AvgIpc) is 3.18. The number of hydrogen-bond acceptors (Lipinski definition) is 6. The van der Waals surface area contributed by atoms with Gasteiger partial charge in [0.2, 0.25) is 5.91 Å². The van der Waals surface area contributed by atoms with Crippen LogP contribution in [-0.2, 0) is 21.5 Å². The molecule has 2 aromatic rings. The zero-order chi connectivity index (χ0) is 24.5. The van der Waals surface area contributed by atoms with Gasteiger partial charge >= 0.3 is 0 Å². The van der Waals surface area contributed by atoms with Crippen LogP contribution in [0.15, 0.2) is 18.2 Å². The molecule has 0 unspecified atom stereocenters. The van der Waals surface area contributed by atoms with E-state index in [9.17, 15) is 4.79 Å². The lowest BCUT2D eigenvalue weighted by molar-refractivity contribution is -0.135. The second-order valence-electron chi connectivity index (χ2n) is 11.0. The van der Waals surface area contributed by atoms with Gasteiger partial charge in [0.25, 0.3) is 0 Å². The van der Waals surface area contributed by atoms with Gasteiger partial charge in [0.1, 0.15) is 5.82 Å². The van der Waals surface area contributed by atoms with E-state index >= 15 is 0 Å². The van der Waals surface area contributed by atoms with Crippen molar-refractivity contribution in [2.75, 3.05) is 50.7 Å². The summed E-state index contributed by atoms with van der Waals surface area (Å²) in [6, 6.07) is 6.67. The second-order valence-corrected chi connectivity index (χ2v) is 12.2. The predicted molar refractivity (Wildman–Crippen MR) is 141 cm³/mol. The average molecular weight is 488 g/mol. The Bertz CT molecular complexity index is 985. The Morgan fingerprint density at radius 1 is 1.18 bits per heavy atom. The van der Waals surface area contributed by atoms with Crippen LogP contribution in [-0.4, -0.2) is 71.1 Å². The SMILES string of the molecule is CC(C)C(=O)N1CCN(SN(C)c2ccc3c(c2)nc(C(C)(C)C)n3CC2CCOCC2)CC1. The summed E-state index contributed by atoms with van der Waals surface area (Å²) < 4.78 is 12.6. The van der Waals surface area contributed by atoms with Gasteiger partial charge in [-0.1, -0.05) is 34.6 Å². The number of amides is 1. The van der Waals surface area contributed by atoms with E-state index in [1.54, 1.807) is 12.1 Å². The number of ether oxygens (including phenoxy) is 1. The van der Waals surface area contributed by atoms with Gasteiger partial charge in [-0.05, 0) is 37.0 Å². The molecule has 3 heterocycles. The van der Waals surface area contributed by atoms with Gasteiger partial charge in [-0.2, -0.15) is 0 Å². The molecule has 0 aliphatic carbocycles. The van der Waals surface area contributed by atoms with Gasteiger partial charge in [0.05, 0.1) is 16.7 Å². The van der Waals surface area contributed by atoms with Crippen LogP contribution in [0.1, 0.15) is 53.3 Å². The molecule has 1 aromatic carbocycles. The summed E-state index contributed by atoms with van der Waals surface area (Å²) in [4.78, 5) is 19.4. The van der Waals surface area contributed by atoms with Gasteiger partial charge in [0, 0.05) is 76.5 Å². The molecule has 0 atom stereocenters. The van der Waals surface area contributed by atoms with Crippen molar-refractivity contribution in [2.45, 2.75) is 59.4 Å². The van der Waals surface area contributed by atoms with E-state index in [1.165, 1.54) is 5.52 Å². The fourth-order valence-electron chi connectivity index (χ4n) is 4.83. The summed E-state index contributed by atoms with van der Waals surface area (Å²) in [7, 11) is 2.11. The predicted octanol–water partition coefficient (Wildman–Crippen LogP) is 4.56. The van der Waals surface area contributed by atoms with Crippen molar-refractivity contribution in [1.82, 2.24) is 18.8 Å². The van der Waals surface area contributed by atoms with Crippen LogP contribution in [0.5, 0.6) is 0 Å². The minimum Gasteiger partial charge on any atom is -0.381 e. The number of carbonyl (C=O) groups excluding carboxylic acids is 1. The Balaban J connectivity index is 1.48. The van der Waals surface area contributed by atoms with Gasteiger partial charge in [-0.15, -0.1) is 0 Å². The summed E-state index contributed by atoms with van der Waals surface area (Å²) in [5.74, 6) is 2.13. The van der Waals surface area contributed by atoms with Crippen LogP contribution in [0.2, 0.25) is 0 Å². The maximum absolute atomic E-state index is 12.3. The smallest absolute Gasteiger partial charge is 0.225 e. The molecule has 0 N–H and O–H groups in total. The normalized spacial score (nSPS) is 18.7. The van der Waals surface area contributed by atoms with E-state index < -0.39 is 0 Å². The summed E-state index contributed by atoms with van der Waals surface area (Å²) in [6.07, 6.45) is 2.24. The van der Waals surface area contributed by atoms with Crippen LogP contribution in [0, 0.1) is 11.8 Å². The van der Waals surface area contributed by atoms with E-state index in [1.807, 2.05) is 18.7 Å². The second kappa shape index (κ2) is 10.5. The monoisotopic (exact) mass is 487 g/mol. The molecular weight excluding hydrogens is 446 g/mol. The first-order valence-corrected chi connectivity index (χ1v) is 13.4. The molecule has 0 saturated carbocycles. The number of carbonyl (C=O) groups is 1. The van der Waals surface area contributed by atoms with Gasteiger partial charge in [-0.25, -0.2) is 9.29 Å². The number of nitrogens with zero attached hydrogens (tertiary/aromatic N) is 5. The van der Waals surface area contributed by atoms with Crippen molar-refractivity contribution in [3.8, 4) is 0 Å². The molecule has 188 valence electrons. The van der Waals surface area contributed by atoms with E-state index in [4.69, 9.17) is 9.72 Å². The first-order valence-electron chi connectivity index (χ1n) is 12.7. The van der Waals surface area contributed by atoms with Gasteiger partial charge in [-0.3, -0.25) is 4.79 Å². The number of anilines is 1. The Hall–Kier alpha value is -1.77. The lowest BCUT2D eigenvalue weighted by Gasteiger charge is -2.36. The highest BCUT2D eigenvalue weighted by atomic mass is 32.2. The van der Waals surface area contributed by atoms with Gasteiger partial charge < -0.3 is 18.5 Å². The lowest BCUT2D eigenvalue weighted by atomic mass is 9.94. The summed E-state index contributed by atoms with van der Waals surface area (Å²) in [5, 5.41) is 0. The Kier molecular flexibility index (Phi) is 7.79. The minimum atomic E-state index is -0.0158. The van der Waals surface area contributed by atoms with Crippen molar-refractivity contribution in [3.05, 3.63) is 24.0 Å². The molecule has 7 nitrogen and oxygen atoms in total. The zero-order valence-corrected chi connectivity index (χ0v) is 22.5. The first kappa shape index (κ1) is 25.3. The highest BCUT2D eigenvalue weighted by molar-refractivity contribution is 7.98. The zero-order valence-electron chi connectivity index (χ0n) is 21.7. The fraction of sp³-hybridized carbons (Fsp3) is 0.692. The van der Waals surface area contributed by atoms with Crippen LogP contribution < -0.4 is 4.31 Å². The maximum Gasteiger partial charge on any atom is 0.225 e. The summed E-state index contributed by atoms with van der Waals surface area (Å²) >= 11 is 1.73. The molecule has 1 amide bonds. The molecule has 2 aliphatic heterocycles. The molecule has 2 aliphatic rings. The quantitative estimate of drug-likeness (QED) is 0.557. The van der Waals surface area contributed by atoms with E-state index in [-0.39, 0.29) is 17.2 Å². The minimum absolute atomic E-state index is 0.0158. The third-order valence-corrected chi connectivity index (χ3v) is 7.88. The van der Waals surface area contributed by atoms with Crippen molar-refractivity contribution in [1.29, 1.82) is 0 Å². The Labute approximate surface area is 209 Å². The van der Waals surface area contributed by atoms with E-state index in [0.29, 0.717) is 5.92 Å². The largest absolute Gasteiger partial charge is 0.381 e. The molecule has 4 rings (SSSR count). The topological polar surface area (TPSA) is 53.8 Å². The number of fused-ring (bicyclic) bond motifs is 1. The number of rotatable bonds is 6. The van der Waals surface area contributed by atoms with E-state index in [0.717, 1.165) is 75.8 Å². The molecular formula is C26H41N5O2S. The molecule has 0 bridgehead atoms.